The van der Waals surface area contributed by atoms with Crippen molar-refractivity contribution in [2.24, 2.45) is 0 Å². The molecule has 1 aromatic heterocycles. The number of aliphatic hydroxyl groups is 1. The lowest BCUT2D eigenvalue weighted by atomic mass is 9.92. The van der Waals surface area contributed by atoms with Gasteiger partial charge in [0, 0.05) is 16.1 Å². The molecule has 1 aliphatic rings. The van der Waals surface area contributed by atoms with Gasteiger partial charge < -0.3 is 14.3 Å². The van der Waals surface area contributed by atoms with Crippen molar-refractivity contribution in [3.8, 4) is 0 Å². The van der Waals surface area contributed by atoms with Gasteiger partial charge in [-0.1, -0.05) is 48.0 Å². The van der Waals surface area contributed by atoms with E-state index in [1.165, 1.54) is 12.0 Å². The second-order valence-electron chi connectivity index (χ2n) is 8.74. The number of amides is 1. The topological polar surface area (TPSA) is 97.0 Å². The van der Waals surface area contributed by atoms with Crippen molar-refractivity contribution in [3.63, 3.8) is 0 Å². The molecule has 0 saturated heterocycles. The number of hydrogen-bond acceptors (Lipinski definition) is 6. The lowest BCUT2D eigenvalue weighted by Gasteiger charge is -2.28. The van der Waals surface area contributed by atoms with E-state index in [1.807, 2.05) is 31.2 Å². The van der Waals surface area contributed by atoms with Crippen molar-refractivity contribution in [2.45, 2.75) is 19.4 Å². The molecule has 186 valence electrons. The Hall–Kier alpha value is -4.36. The highest BCUT2D eigenvalue weighted by Gasteiger charge is 2.45. The Morgan fingerprint density at radius 1 is 1.05 bits per heavy atom. The molecule has 0 spiro atoms. The molecule has 7 nitrogen and oxygen atoms in total. The number of rotatable bonds is 6. The molecule has 0 radical (unpaired) electrons. The Morgan fingerprint density at radius 2 is 1.78 bits per heavy atom. The number of Topliss-reactive ketones (excluding diaryl/α,β-unsaturated/α-hetero) is 1. The quantitative estimate of drug-likeness (QED) is 0.254. The molecule has 5 rings (SSSR count). The fraction of sp³-hybridized carbons (Fsp3) is 0.138. The number of esters is 1. The molecule has 0 fully saturated rings. The summed E-state index contributed by atoms with van der Waals surface area (Å²) in [5.41, 5.74) is 3.05. The van der Waals surface area contributed by atoms with E-state index < -0.39 is 23.5 Å². The molecule has 2 heterocycles. The van der Waals surface area contributed by atoms with Crippen LogP contribution >= 0.6 is 11.6 Å². The van der Waals surface area contributed by atoms with Gasteiger partial charge in [-0.05, 0) is 60.0 Å². The number of aryl methyl sites for hydroxylation is 1. The van der Waals surface area contributed by atoms with Gasteiger partial charge in [-0.25, -0.2) is 0 Å². The normalized spacial score (nSPS) is 15.5. The van der Waals surface area contributed by atoms with Crippen molar-refractivity contribution in [3.05, 3.63) is 112 Å². The van der Waals surface area contributed by atoms with Crippen LogP contribution in [-0.2, 0) is 20.7 Å². The first-order valence-electron chi connectivity index (χ1n) is 11.5. The number of carbonyl (C=O) groups excluding carboxylic acids is 3. The van der Waals surface area contributed by atoms with Crippen molar-refractivity contribution in [1.29, 1.82) is 0 Å². The first-order valence-corrected chi connectivity index (χ1v) is 11.9. The first-order chi connectivity index (χ1) is 17.8. The van der Waals surface area contributed by atoms with Crippen molar-refractivity contribution < 1.29 is 28.6 Å². The number of furan rings is 1. The molecule has 1 amide bonds. The number of ketones is 1. The van der Waals surface area contributed by atoms with E-state index in [-0.39, 0.29) is 23.7 Å². The van der Waals surface area contributed by atoms with Gasteiger partial charge in [0.25, 0.3) is 5.91 Å². The Kier molecular flexibility index (Phi) is 6.31. The molecule has 1 atom stereocenters. The largest absolute Gasteiger partial charge is 0.503 e. The number of halogens is 1. The maximum atomic E-state index is 13.8. The summed E-state index contributed by atoms with van der Waals surface area (Å²) in [6.07, 6.45) is 0.0786. The molecular formula is C29H22ClNO6. The molecule has 3 aromatic carbocycles. The van der Waals surface area contributed by atoms with Crippen LogP contribution in [0.5, 0.6) is 0 Å². The summed E-state index contributed by atoms with van der Waals surface area (Å²) in [7, 11) is 1.32. The van der Waals surface area contributed by atoms with Crippen LogP contribution in [0.3, 0.4) is 0 Å². The van der Waals surface area contributed by atoms with E-state index in [0.717, 1.165) is 5.56 Å². The molecule has 0 saturated carbocycles. The molecule has 0 bridgehead atoms. The van der Waals surface area contributed by atoms with Gasteiger partial charge in [0.2, 0.25) is 5.78 Å². The van der Waals surface area contributed by atoms with Crippen LogP contribution in [0.4, 0.5) is 5.69 Å². The molecular weight excluding hydrogens is 494 g/mol. The van der Waals surface area contributed by atoms with Gasteiger partial charge in [-0.15, -0.1) is 0 Å². The smallest absolute Gasteiger partial charge is 0.309 e. The molecule has 0 aliphatic carbocycles. The maximum Gasteiger partial charge on any atom is 0.309 e. The Bertz CT molecular complexity index is 1580. The summed E-state index contributed by atoms with van der Waals surface area (Å²) < 4.78 is 10.5. The van der Waals surface area contributed by atoms with Gasteiger partial charge in [0.15, 0.2) is 11.5 Å². The number of aliphatic hydroxyl groups excluding tert-OH is 1. The van der Waals surface area contributed by atoms with Gasteiger partial charge >= 0.3 is 5.97 Å². The molecule has 37 heavy (non-hydrogen) atoms. The minimum absolute atomic E-state index is 0.0134. The van der Waals surface area contributed by atoms with E-state index in [1.54, 1.807) is 48.5 Å². The SMILES string of the molecule is COC(=O)Cc1ccc(N2C(=O)C(O)=C(C(=O)c3cc4cc(Cl)ccc4o3)C2c2ccccc2C)cc1. The van der Waals surface area contributed by atoms with Crippen molar-refractivity contribution in [2.75, 3.05) is 12.0 Å². The van der Waals surface area contributed by atoms with E-state index in [4.69, 9.17) is 20.8 Å². The molecule has 1 N–H and O–H groups in total. The third-order valence-corrected chi connectivity index (χ3v) is 6.66. The predicted octanol–water partition coefficient (Wildman–Crippen LogP) is 5.89. The average molecular weight is 516 g/mol. The predicted molar refractivity (Wildman–Crippen MR) is 139 cm³/mol. The third-order valence-electron chi connectivity index (χ3n) is 6.43. The fourth-order valence-corrected chi connectivity index (χ4v) is 4.74. The number of nitrogens with zero attached hydrogens (tertiary/aromatic N) is 1. The number of anilines is 1. The summed E-state index contributed by atoms with van der Waals surface area (Å²) in [6.45, 7) is 1.87. The lowest BCUT2D eigenvalue weighted by molar-refractivity contribution is -0.139. The Labute approximate surface area is 217 Å². The number of benzene rings is 3. The number of ether oxygens (including phenoxy) is 1. The number of fused-ring (bicyclic) bond motifs is 1. The first kappa shape index (κ1) is 24.3. The third kappa shape index (κ3) is 4.38. The van der Waals surface area contributed by atoms with Crippen LogP contribution in [0.2, 0.25) is 5.02 Å². The molecule has 1 aliphatic heterocycles. The van der Waals surface area contributed by atoms with Crippen molar-refractivity contribution >= 4 is 45.9 Å². The summed E-state index contributed by atoms with van der Waals surface area (Å²) in [4.78, 5) is 40.2. The van der Waals surface area contributed by atoms with E-state index in [0.29, 0.717) is 32.8 Å². The average Bonchev–Trinajstić information content (AvgIpc) is 3.42. The van der Waals surface area contributed by atoms with Crippen LogP contribution in [-0.4, -0.2) is 29.9 Å². The second kappa shape index (κ2) is 9.59. The lowest BCUT2D eigenvalue weighted by Crippen LogP contribution is -2.31. The minimum atomic E-state index is -0.899. The van der Waals surface area contributed by atoms with E-state index in [9.17, 15) is 19.5 Å². The maximum absolute atomic E-state index is 13.8. The summed E-state index contributed by atoms with van der Waals surface area (Å²) in [5.74, 6) is -2.36. The molecule has 1 unspecified atom stereocenters. The zero-order valence-electron chi connectivity index (χ0n) is 20.0. The minimum Gasteiger partial charge on any atom is -0.503 e. The number of hydrogen-bond donors (Lipinski definition) is 1. The number of methoxy groups -OCH3 is 1. The molecule has 8 heteroatoms. The van der Waals surface area contributed by atoms with E-state index in [2.05, 4.69) is 0 Å². The second-order valence-corrected chi connectivity index (χ2v) is 9.17. The highest BCUT2D eigenvalue weighted by molar-refractivity contribution is 6.31. The highest BCUT2D eigenvalue weighted by atomic mass is 35.5. The fourth-order valence-electron chi connectivity index (χ4n) is 4.56. The summed E-state index contributed by atoms with van der Waals surface area (Å²) in [6, 6.07) is 19.7. The Morgan fingerprint density at radius 3 is 2.49 bits per heavy atom. The van der Waals surface area contributed by atoms with Crippen LogP contribution in [0, 0.1) is 6.92 Å². The van der Waals surface area contributed by atoms with Crippen LogP contribution < -0.4 is 4.90 Å². The van der Waals surface area contributed by atoms with Crippen LogP contribution in [0.15, 0.2) is 88.5 Å². The monoisotopic (exact) mass is 515 g/mol. The van der Waals surface area contributed by atoms with Crippen LogP contribution in [0.1, 0.15) is 33.3 Å². The summed E-state index contributed by atoms with van der Waals surface area (Å²) in [5, 5.41) is 12.1. The molecule has 4 aromatic rings. The van der Waals surface area contributed by atoms with Gasteiger partial charge in [0.05, 0.1) is 25.1 Å². The van der Waals surface area contributed by atoms with E-state index >= 15 is 0 Å². The van der Waals surface area contributed by atoms with Gasteiger partial charge in [-0.3, -0.25) is 19.3 Å². The van der Waals surface area contributed by atoms with Gasteiger partial charge in [-0.2, -0.15) is 0 Å². The van der Waals surface area contributed by atoms with Crippen LogP contribution in [0.25, 0.3) is 11.0 Å². The Balaban J connectivity index is 1.60. The van der Waals surface area contributed by atoms with Gasteiger partial charge in [0.1, 0.15) is 5.58 Å². The number of carbonyl (C=O) groups is 3. The van der Waals surface area contributed by atoms with Crippen molar-refractivity contribution in [1.82, 2.24) is 0 Å². The highest BCUT2D eigenvalue weighted by Crippen LogP contribution is 2.43. The summed E-state index contributed by atoms with van der Waals surface area (Å²) >= 11 is 6.08. The zero-order chi connectivity index (χ0) is 26.3. The zero-order valence-corrected chi connectivity index (χ0v) is 20.8. The standard InChI is InChI=1S/C29H22ClNO6/c1-16-5-3-4-6-21(16)26-25(27(33)23-15-18-14-19(30)9-12-22(18)37-23)28(34)29(35)31(26)20-10-7-17(8-11-20)13-24(32)36-2/h3-12,14-15,26,34H,13H2,1-2H3.